The number of nitrogens with two attached hydrogens (primary N) is 1. The largest absolute Gasteiger partial charge is 0.490 e. The topological polar surface area (TPSA) is 112 Å². The molecule has 0 heterocycles. The smallest absolute Gasteiger partial charge is 0.251 e. The third-order valence-corrected chi connectivity index (χ3v) is 7.36. The quantitative estimate of drug-likeness (QED) is 0.139. The van der Waals surface area contributed by atoms with Gasteiger partial charge in [0, 0.05) is 29.3 Å². The van der Waals surface area contributed by atoms with Crippen molar-refractivity contribution in [3.05, 3.63) is 29.8 Å². The Balaban J connectivity index is 2.48. The third kappa shape index (κ3) is 16.4. The number of amides is 2. The zero-order valence-electron chi connectivity index (χ0n) is 21.3. The minimum atomic E-state index is -0.266. The molecule has 0 aliphatic heterocycles. The number of ether oxygens (including phenoxy) is 3. The van der Waals surface area contributed by atoms with Crippen LogP contribution in [0, 0.1) is 17.8 Å². The number of rotatable bonds is 15. The van der Waals surface area contributed by atoms with E-state index in [1.165, 1.54) is 0 Å². The van der Waals surface area contributed by atoms with Crippen molar-refractivity contribution >= 4 is 33.4 Å². The minimum Gasteiger partial charge on any atom is -0.490 e. The molecule has 8 nitrogen and oxygen atoms in total. The molecule has 0 aromatic heterocycles. The maximum Gasteiger partial charge on any atom is 0.251 e. The van der Waals surface area contributed by atoms with E-state index in [1.807, 2.05) is 13.8 Å². The SMILES string of the molecule is CC(C)C#CCNC(=O)COCCO[C@@H](COc1cccc(C(=O)NCCN)c1)SSC(C)(C)C. The van der Waals surface area contributed by atoms with Crippen molar-refractivity contribution in [2.45, 2.75) is 44.8 Å². The van der Waals surface area contributed by atoms with E-state index in [4.69, 9.17) is 19.9 Å². The summed E-state index contributed by atoms with van der Waals surface area (Å²) in [5.41, 5.74) is 5.68. The molecule has 196 valence electrons. The van der Waals surface area contributed by atoms with E-state index in [0.29, 0.717) is 37.6 Å². The van der Waals surface area contributed by atoms with Crippen LogP contribution in [-0.2, 0) is 14.3 Å². The van der Waals surface area contributed by atoms with Gasteiger partial charge in [0.1, 0.15) is 24.4 Å². The highest BCUT2D eigenvalue weighted by Crippen LogP contribution is 2.38. The number of benzene rings is 1. The van der Waals surface area contributed by atoms with E-state index in [0.717, 1.165) is 0 Å². The highest BCUT2D eigenvalue weighted by Gasteiger charge is 2.18. The fourth-order valence-corrected chi connectivity index (χ4v) is 4.53. The summed E-state index contributed by atoms with van der Waals surface area (Å²) in [6, 6.07) is 6.98. The molecule has 0 spiro atoms. The van der Waals surface area contributed by atoms with Crippen molar-refractivity contribution in [1.82, 2.24) is 10.6 Å². The molecule has 2 amide bonds. The minimum absolute atomic E-state index is 0.0420. The van der Waals surface area contributed by atoms with Gasteiger partial charge >= 0.3 is 0 Å². The number of nitrogens with one attached hydrogen (secondary N) is 2. The summed E-state index contributed by atoms with van der Waals surface area (Å²) in [5, 5.41) is 5.44. The Labute approximate surface area is 217 Å². The van der Waals surface area contributed by atoms with Gasteiger partial charge < -0.3 is 30.6 Å². The first-order valence-electron chi connectivity index (χ1n) is 11.6. The van der Waals surface area contributed by atoms with Gasteiger partial charge in [0.25, 0.3) is 5.91 Å². The lowest BCUT2D eigenvalue weighted by Crippen LogP contribution is -2.29. The first kappa shape index (κ1) is 31.1. The second kappa shape index (κ2) is 17.5. The molecule has 1 aromatic carbocycles. The lowest BCUT2D eigenvalue weighted by atomic mass is 10.2. The maximum absolute atomic E-state index is 12.2. The van der Waals surface area contributed by atoms with Crippen LogP contribution in [0.3, 0.4) is 0 Å². The Kier molecular flexibility index (Phi) is 15.6. The third-order valence-electron chi connectivity index (χ3n) is 3.85. The lowest BCUT2D eigenvalue weighted by molar-refractivity contribution is -0.126. The number of hydrogen-bond acceptors (Lipinski definition) is 8. The van der Waals surface area contributed by atoms with Crippen LogP contribution < -0.4 is 21.1 Å². The molecule has 0 fully saturated rings. The van der Waals surface area contributed by atoms with Crippen molar-refractivity contribution in [1.29, 1.82) is 0 Å². The summed E-state index contributed by atoms with van der Waals surface area (Å²) >= 11 is 0. The Bertz CT molecular complexity index is 834. The van der Waals surface area contributed by atoms with Crippen LogP contribution in [0.4, 0.5) is 0 Å². The highest BCUT2D eigenvalue weighted by atomic mass is 33.1. The number of carbonyl (C=O) groups excluding carboxylic acids is 2. The van der Waals surface area contributed by atoms with Crippen LogP contribution >= 0.6 is 21.6 Å². The Hall–Kier alpha value is -1.90. The molecule has 0 radical (unpaired) electrons. The lowest BCUT2D eigenvalue weighted by Gasteiger charge is -2.22. The first-order chi connectivity index (χ1) is 16.6. The number of hydrogen-bond donors (Lipinski definition) is 3. The van der Waals surface area contributed by atoms with Gasteiger partial charge in [0.2, 0.25) is 5.91 Å². The van der Waals surface area contributed by atoms with E-state index in [-0.39, 0.29) is 47.7 Å². The first-order valence-corrected chi connectivity index (χ1v) is 13.8. The van der Waals surface area contributed by atoms with E-state index < -0.39 is 0 Å². The van der Waals surface area contributed by atoms with Gasteiger partial charge in [-0.2, -0.15) is 0 Å². The van der Waals surface area contributed by atoms with E-state index in [9.17, 15) is 9.59 Å². The molecule has 0 saturated carbocycles. The van der Waals surface area contributed by atoms with Gasteiger partial charge in [-0.15, -0.1) is 0 Å². The second-order valence-electron chi connectivity index (χ2n) is 8.78. The highest BCUT2D eigenvalue weighted by molar-refractivity contribution is 8.77. The number of carbonyl (C=O) groups is 2. The molecule has 4 N–H and O–H groups in total. The molecule has 0 unspecified atom stereocenters. The van der Waals surface area contributed by atoms with Crippen LogP contribution in [0.5, 0.6) is 5.75 Å². The molecule has 10 heteroatoms. The summed E-state index contributed by atoms with van der Waals surface area (Å²) in [7, 11) is 3.27. The van der Waals surface area contributed by atoms with Gasteiger partial charge in [-0.25, -0.2) is 0 Å². The van der Waals surface area contributed by atoms with Crippen LogP contribution in [0.1, 0.15) is 45.0 Å². The predicted octanol–water partition coefficient (Wildman–Crippen LogP) is 3.07. The van der Waals surface area contributed by atoms with Gasteiger partial charge in [0.05, 0.1) is 19.8 Å². The fraction of sp³-hybridized carbons (Fsp3) is 0.600. The monoisotopic (exact) mass is 525 g/mol. The molecule has 0 bridgehead atoms. The van der Waals surface area contributed by atoms with Crippen LogP contribution in [-0.4, -0.2) is 68.1 Å². The average molecular weight is 526 g/mol. The van der Waals surface area contributed by atoms with E-state index in [1.54, 1.807) is 45.9 Å². The van der Waals surface area contributed by atoms with Gasteiger partial charge in [-0.3, -0.25) is 9.59 Å². The standard InChI is InChI=1S/C25H39N3O5S2/c1-19(2)8-7-12-27-22(29)17-31-14-15-32-23(34-35-25(3,4)5)18-33-21-10-6-9-20(16-21)24(30)28-13-11-26/h6,9-10,16,19,23H,11-15,17-18,26H2,1-5H3,(H,27,29)(H,28,30)/t23-/m1/s1. The van der Waals surface area contributed by atoms with Crippen molar-refractivity contribution in [2.75, 3.05) is 46.1 Å². The van der Waals surface area contributed by atoms with Crippen LogP contribution in [0.25, 0.3) is 0 Å². The molecular weight excluding hydrogens is 486 g/mol. The maximum atomic E-state index is 12.2. The van der Waals surface area contributed by atoms with Crippen molar-refractivity contribution in [2.24, 2.45) is 11.7 Å². The van der Waals surface area contributed by atoms with Crippen LogP contribution in [0.2, 0.25) is 0 Å². The molecule has 0 aliphatic carbocycles. The zero-order chi connectivity index (χ0) is 26.1. The molecular formula is C25H39N3O5S2. The van der Waals surface area contributed by atoms with Gasteiger partial charge in [0.15, 0.2) is 0 Å². The summed E-state index contributed by atoms with van der Waals surface area (Å²) in [4.78, 5) is 23.9. The second-order valence-corrected chi connectivity index (χ2v) is 12.0. The summed E-state index contributed by atoms with van der Waals surface area (Å²) < 4.78 is 17.3. The summed E-state index contributed by atoms with van der Waals surface area (Å²) in [6.07, 6.45) is 0. The van der Waals surface area contributed by atoms with Crippen molar-refractivity contribution in [3.8, 4) is 17.6 Å². The summed E-state index contributed by atoms with van der Waals surface area (Å²) in [5.74, 6) is 6.33. The predicted molar refractivity (Wildman–Crippen MR) is 144 cm³/mol. The Morgan fingerprint density at radius 2 is 1.94 bits per heavy atom. The Morgan fingerprint density at radius 3 is 2.63 bits per heavy atom. The average Bonchev–Trinajstić information content (AvgIpc) is 2.80. The molecule has 1 atom stereocenters. The van der Waals surface area contributed by atoms with Gasteiger partial charge in [-0.05, 0) is 18.2 Å². The molecule has 35 heavy (non-hydrogen) atoms. The van der Waals surface area contributed by atoms with Crippen LogP contribution in [0.15, 0.2) is 24.3 Å². The zero-order valence-corrected chi connectivity index (χ0v) is 23.0. The van der Waals surface area contributed by atoms with Crippen molar-refractivity contribution in [3.63, 3.8) is 0 Å². The normalized spacial score (nSPS) is 12.0. The van der Waals surface area contributed by atoms with Gasteiger partial charge in [-0.1, -0.05) is 74.1 Å². The molecule has 1 rings (SSSR count). The van der Waals surface area contributed by atoms with Crippen molar-refractivity contribution < 1.29 is 23.8 Å². The fourth-order valence-electron chi connectivity index (χ4n) is 2.33. The summed E-state index contributed by atoms with van der Waals surface area (Å²) in [6.45, 7) is 12.3. The van der Waals surface area contributed by atoms with E-state index in [2.05, 4.69) is 43.2 Å². The van der Waals surface area contributed by atoms with E-state index >= 15 is 0 Å². The Morgan fingerprint density at radius 1 is 1.17 bits per heavy atom. The molecule has 0 saturated heterocycles. The molecule has 0 aliphatic rings. The molecule has 1 aromatic rings.